The highest BCUT2D eigenvalue weighted by Gasteiger charge is 2.05. The van der Waals surface area contributed by atoms with Crippen molar-refractivity contribution in [1.29, 1.82) is 0 Å². The standard InChI is InChI=1S/C21H19N5O/c1-2-6-17(7-3-1)14-27-21-11-10-19(13-24-21)23-12-18-8-4-5-9-20(18)26-16-22-15-25-26/h1-11,13,15-16,23H,12,14H2. The zero-order chi connectivity index (χ0) is 18.3. The Morgan fingerprint density at radius 3 is 2.56 bits per heavy atom. The summed E-state index contributed by atoms with van der Waals surface area (Å²) in [7, 11) is 0. The number of nitrogens with one attached hydrogen (secondary N) is 1. The number of pyridine rings is 1. The van der Waals surface area contributed by atoms with Crippen LogP contribution in [0, 0.1) is 0 Å². The molecule has 4 aromatic rings. The quantitative estimate of drug-likeness (QED) is 0.544. The van der Waals surface area contributed by atoms with E-state index in [1.54, 1.807) is 17.2 Å². The maximum atomic E-state index is 5.72. The summed E-state index contributed by atoms with van der Waals surface area (Å²) >= 11 is 0. The first-order valence-corrected chi connectivity index (χ1v) is 8.68. The minimum atomic E-state index is 0.506. The second kappa shape index (κ2) is 8.14. The minimum absolute atomic E-state index is 0.506. The fraction of sp³-hybridized carbons (Fsp3) is 0.0952. The van der Waals surface area contributed by atoms with Crippen molar-refractivity contribution in [3.05, 3.63) is 96.7 Å². The van der Waals surface area contributed by atoms with Gasteiger partial charge >= 0.3 is 0 Å². The molecule has 0 saturated heterocycles. The fourth-order valence-electron chi connectivity index (χ4n) is 2.72. The van der Waals surface area contributed by atoms with Crippen molar-refractivity contribution in [2.24, 2.45) is 0 Å². The van der Waals surface area contributed by atoms with Crippen LogP contribution in [-0.2, 0) is 13.2 Å². The maximum absolute atomic E-state index is 5.72. The molecule has 0 saturated carbocycles. The van der Waals surface area contributed by atoms with Crippen molar-refractivity contribution in [1.82, 2.24) is 19.7 Å². The third-order valence-corrected chi connectivity index (χ3v) is 4.11. The number of para-hydroxylation sites is 1. The summed E-state index contributed by atoms with van der Waals surface area (Å²) in [5.74, 6) is 0.604. The molecular formula is C21H19N5O. The molecule has 0 bridgehead atoms. The number of ether oxygens (including phenoxy) is 1. The Bertz CT molecular complexity index is 969. The molecule has 0 unspecified atom stereocenters. The first-order valence-electron chi connectivity index (χ1n) is 8.68. The number of benzene rings is 2. The molecule has 6 heteroatoms. The van der Waals surface area contributed by atoms with Crippen LogP contribution in [0.15, 0.2) is 85.6 Å². The first kappa shape index (κ1) is 16.8. The van der Waals surface area contributed by atoms with Gasteiger partial charge in [0.2, 0.25) is 5.88 Å². The summed E-state index contributed by atoms with van der Waals surface area (Å²) in [5, 5.41) is 7.59. The Hall–Kier alpha value is -3.67. The lowest BCUT2D eigenvalue weighted by atomic mass is 10.1. The van der Waals surface area contributed by atoms with Crippen LogP contribution >= 0.6 is 0 Å². The van der Waals surface area contributed by atoms with Crippen LogP contribution in [0.2, 0.25) is 0 Å². The van der Waals surface area contributed by atoms with Gasteiger partial charge in [-0.25, -0.2) is 14.6 Å². The van der Waals surface area contributed by atoms with Gasteiger partial charge < -0.3 is 10.1 Å². The molecule has 2 heterocycles. The number of hydrogen-bond acceptors (Lipinski definition) is 5. The van der Waals surface area contributed by atoms with E-state index in [0.717, 1.165) is 22.5 Å². The van der Waals surface area contributed by atoms with E-state index in [1.165, 1.54) is 6.33 Å². The molecule has 0 atom stereocenters. The van der Waals surface area contributed by atoms with Crippen LogP contribution in [0.5, 0.6) is 5.88 Å². The SMILES string of the molecule is c1ccc(COc2ccc(NCc3ccccc3-n3cncn3)cn2)cc1. The van der Waals surface area contributed by atoms with Crippen molar-refractivity contribution in [3.63, 3.8) is 0 Å². The number of aromatic nitrogens is 4. The van der Waals surface area contributed by atoms with E-state index in [-0.39, 0.29) is 0 Å². The molecule has 0 aliphatic heterocycles. The van der Waals surface area contributed by atoms with E-state index in [2.05, 4.69) is 26.4 Å². The number of nitrogens with zero attached hydrogens (tertiary/aromatic N) is 4. The molecule has 2 aromatic heterocycles. The Morgan fingerprint density at radius 1 is 0.926 bits per heavy atom. The van der Waals surface area contributed by atoms with E-state index in [1.807, 2.05) is 60.7 Å². The molecular weight excluding hydrogens is 338 g/mol. The van der Waals surface area contributed by atoms with Gasteiger partial charge in [-0.2, -0.15) is 5.10 Å². The zero-order valence-electron chi connectivity index (χ0n) is 14.7. The second-order valence-corrected chi connectivity index (χ2v) is 5.98. The molecule has 0 aliphatic rings. The van der Waals surface area contributed by atoms with Crippen molar-refractivity contribution in [2.75, 3.05) is 5.32 Å². The number of hydrogen-bond donors (Lipinski definition) is 1. The second-order valence-electron chi connectivity index (χ2n) is 5.98. The predicted octanol–water partition coefficient (Wildman–Crippen LogP) is 3.85. The molecule has 6 nitrogen and oxygen atoms in total. The highest BCUT2D eigenvalue weighted by molar-refractivity contribution is 5.46. The van der Waals surface area contributed by atoms with Gasteiger partial charge in [0.05, 0.1) is 17.6 Å². The molecule has 0 fully saturated rings. The average Bonchev–Trinajstić information content (AvgIpc) is 3.27. The van der Waals surface area contributed by atoms with Crippen molar-refractivity contribution < 1.29 is 4.74 Å². The summed E-state index contributed by atoms with van der Waals surface area (Å²) in [5.41, 5.74) is 4.16. The zero-order valence-corrected chi connectivity index (χ0v) is 14.7. The third kappa shape index (κ3) is 4.30. The van der Waals surface area contributed by atoms with Gasteiger partial charge in [-0.15, -0.1) is 0 Å². The first-order chi connectivity index (χ1) is 13.4. The highest BCUT2D eigenvalue weighted by atomic mass is 16.5. The lowest BCUT2D eigenvalue weighted by Gasteiger charge is -2.11. The largest absolute Gasteiger partial charge is 0.473 e. The van der Waals surface area contributed by atoms with E-state index in [4.69, 9.17) is 4.74 Å². The Kier molecular flexibility index (Phi) is 5.06. The highest BCUT2D eigenvalue weighted by Crippen LogP contribution is 2.17. The molecule has 27 heavy (non-hydrogen) atoms. The normalized spacial score (nSPS) is 10.5. The van der Waals surface area contributed by atoms with Crippen molar-refractivity contribution >= 4 is 5.69 Å². The Balaban J connectivity index is 1.37. The summed E-state index contributed by atoms with van der Waals surface area (Å²) in [4.78, 5) is 8.38. The maximum Gasteiger partial charge on any atom is 0.213 e. The summed E-state index contributed by atoms with van der Waals surface area (Å²) in [6, 6.07) is 22.0. The third-order valence-electron chi connectivity index (χ3n) is 4.11. The lowest BCUT2D eigenvalue weighted by molar-refractivity contribution is 0.294. The van der Waals surface area contributed by atoms with Crippen LogP contribution in [-0.4, -0.2) is 19.7 Å². The van der Waals surface area contributed by atoms with E-state index in [0.29, 0.717) is 19.0 Å². The molecule has 0 radical (unpaired) electrons. The van der Waals surface area contributed by atoms with Gasteiger partial charge in [0, 0.05) is 12.6 Å². The minimum Gasteiger partial charge on any atom is -0.473 e. The fourth-order valence-corrected chi connectivity index (χ4v) is 2.72. The molecule has 134 valence electrons. The molecule has 0 aliphatic carbocycles. The van der Waals surface area contributed by atoms with E-state index < -0.39 is 0 Å². The predicted molar refractivity (Wildman–Crippen MR) is 104 cm³/mol. The smallest absolute Gasteiger partial charge is 0.213 e. The number of anilines is 1. The topological polar surface area (TPSA) is 64.9 Å². The van der Waals surface area contributed by atoms with Crippen LogP contribution in [0.1, 0.15) is 11.1 Å². The van der Waals surface area contributed by atoms with Crippen LogP contribution in [0.25, 0.3) is 5.69 Å². The molecule has 0 amide bonds. The summed E-state index contributed by atoms with van der Waals surface area (Å²) < 4.78 is 7.48. The van der Waals surface area contributed by atoms with Crippen molar-refractivity contribution in [2.45, 2.75) is 13.2 Å². The van der Waals surface area contributed by atoms with Gasteiger partial charge in [0.15, 0.2) is 0 Å². The van der Waals surface area contributed by atoms with Crippen molar-refractivity contribution in [3.8, 4) is 11.6 Å². The van der Waals surface area contributed by atoms with Gasteiger partial charge in [-0.1, -0.05) is 48.5 Å². The monoisotopic (exact) mass is 357 g/mol. The Morgan fingerprint density at radius 2 is 1.78 bits per heavy atom. The molecule has 2 aromatic carbocycles. The number of rotatable bonds is 7. The van der Waals surface area contributed by atoms with Gasteiger partial charge in [-0.05, 0) is 23.3 Å². The molecule has 4 rings (SSSR count). The van der Waals surface area contributed by atoms with Gasteiger partial charge in [0.1, 0.15) is 19.3 Å². The summed E-state index contributed by atoms with van der Waals surface area (Å²) in [6.45, 7) is 1.16. The van der Waals surface area contributed by atoms with Crippen LogP contribution < -0.4 is 10.1 Å². The van der Waals surface area contributed by atoms with Gasteiger partial charge in [0.25, 0.3) is 0 Å². The van der Waals surface area contributed by atoms with E-state index >= 15 is 0 Å². The molecule has 1 N–H and O–H groups in total. The lowest BCUT2D eigenvalue weighted by Crippen LogP contribution is -2.06. The van der Waals surface area contributed by atoms with Crippen LogP contribution in [0.3, 0.4) is 0 Å². The van der Waals surface area contributed by atoms with Crippen LogP contribution in [0.4, 0.5) is 5.69 Å². The summed E-state index contributed by atoms with van der Waals surface area (Å²) in [6.07, 6.45) is 5.00. The molecule has 0 spiro atoms. The van der Waals surface area contributed by atoms with E-state index in [9.17, 15) is 0 Å². The average molecular weight is 357 g/mol. The van der Waals surface area contributed by atoms with Gasteiger partial charge in [-0.3, -0.25) is 0 Å². The Labute approximate surface area is 157 Å².